The Balaban J connectivity index is 0.000000441. The average Bonchev–Trinajstić information content (AvgIpc) is 2.48. The number of hydrogen-bond donors (Lipinski definition) is 0. The van der Waals surface area contributed by atoms with Gasteiger partial charge in [-0.2, -0.15) is 0 Å². The van der Waals surface area contributed by atoms with E-state index in [9.17, 15) is 0 Å². The second-order valence-electron chi connectivity index (χ2n) is 5.73. The van der Waals surface area contributed by atoms with Crippen molar-refractivity contribution in [3.8, 4) is 0 Å². The second kappa shape index (κ2) is 11.8. The first-order valence-corrected chi connectivity index (χ1v) is 8.23. The highest BCUT2D eigenvalue weighted by molar-refractivity contribution is 5.40. The third-order valence-corrected chi connectivity index (χ3v) is 3.84. The van der Waals surface area contributed by atoms with Gasteiger partial charge in [-0.3, -0.25) is 0 Å². The Kier molecular flexibility index (Phi) is 11.1. The Morgan fingerprint density at radius 3 is 2.15 bits per heavy atom. The summed E-state index contributed by atoms with van der Waals surface area (Å²) in [6.45, 7) is 14.8. The first kappa shape index (κ1) is 19.0. The molecule has 0 aromatic heterocycles. The van der Waals surface area contributed by atoms with Crippen LogP contribution in [-0.4, -0.2) is 0 Å². The maximum absolute atomic E-state index is 3.93. The van der Waals surface area contributed by atoms with Gasteiger partial charge in [-0.05, 0) is 32.8 Å². The summed E-state index contributed by atoms with van der Waals surface area (Å²) in [5.41, 5.74) is 3.90. The standard InChI is InChI=1S/C13H18.C7H16/c1-5-11(4)13-8-6-12(7-9-13)10(2)3;1-3-5-7-6-4-2/h5-8,13H,2,9H2,1,3-4H3;3-7H2,1-2H3/b11-5+;/t13-;/m1./s1. The van der Waals surface area contributed by atoms with E-state index in [0.29, 0.717) is 5.92 Å². The lowest BCUT2D eigenvalue weighted by Crippen LogP contribution is -2.01. The van der Waals surface area contributed by atoms with Crippen molar-refractivity contribution in [1.29, 1.82) is 0 Å². The highest BCUT2D eigenvalue weighted by atomic mass is 14.1. The van der Waals surface area contributed by atoms with Crippen molar-refractivity contribution in [1.82, 2.24) is 0 Å². The summed E-state index contributed by atoms with van der Waals surface area (Å²) in [7, 11) is 0. The predicted molar refractivity (Wildman–Crippen MR) is 94.0 cm³/mol. The largest absolute Gasteiger partial charge is 0.0955 e. The topological polar surface area (TPSA) is 0 Å². The summed E-state index contributed by atoms with van der Waals surface area (Å²) in [4.78, 5) is 0. The van der Waals surface area contributed by atoms with Crippen molar-refractivity contribution in [3.05, 3.63) is 47.6 Å². The Bertz CT molecular complexity index is 348. The lowest BCUT2D eigenvalue weighted by molar-refractivity contribution is 0.656. The van der Waals surface area contributed by atoms with Gasteiger partial charge in [0.05, 0.1) is 0 Å². The van der Waals surface area contributed by atoms with Gasteiger partial charge in [-0.1, -0.05) is 88.0 Å². The molecule has 0 aromatic carbocycles. The highest BCUT2D eigenvalue weighted by Crippen LogP contribution is 2.25. The summed E-state index contributed by atoms with van der Waals surface area (Å²) in [5.74, 6) is 0.605. The van der Waals surface area contributed by atoms with Crippen LogP contribution in [0.15, 0.2) is 47.6 Å². The Morgan fingerprint density at radius 2 is 1.80 bits per heavy atom. The summed E-state index contributed by atoms with van der Waals surface area (Å²) >= 11 is 0. The van der Waals surface area contributed by atoms with E-state index in [2.05, 4.69) is 65.5 Å². The van der Waals surface area contributed by atoms with Crippen molar-refractivity contribution in [2.75, 3.05) is 0 Å². The van der Waals surface area contributed by atoms with Crippen LogP contribution in [0.3, 0.4) is 0 Å². The van der Waals surface area contributed by atoms with Crippen LogP contribution in [-0.2, 0) is 0 Å². The lowest BCUT2D eigenvalue weighted by atomic mass is 9.89. The zero-order chi connectivity index (χ0) is 15.4. The third-order valence-electron chi connectivity index (χ3n) is 3.84. The van der Waals surface area contributed by atoms with Crippen molar-refractivity contribution in [2.45, 2.75) is 73.1 Å². The molecule has 0 heteroatoms. The molecule has 0 fully saturated rings. The minimum Gasteiger partial charge on any atom is -0.0955 e. The van der Waals surface area contributed by atoms with Gasteiger partial charge in [-0.25, -0.2) is 0 Å². The minimum atomic E-state index is 0.605. The van der Waals surface area contributed by atoms with Crippen molar-refractivity contribution in [3.63, 3.8) is 0 Å². The monoisotopic (exact) mass is 274 g/mol. The molecule has 0 N–H and O–H groups in total. The van der Waals surface area contributed by atoms with Gasteiger partial charge >= 0.3 is 0 Å². The van der Waals surface area contributed by atoms with Gasteiger partial charge in [0.25, 0.3) is 0 Å². The van der Waals surface area contributed by atoms with E-state index in [4.69, 9.17) is 0 Å². The Hall–Kier alpha value is -1.04. The van der Waals surface area contributed by atoms with Crippen molar-refractivity contribution < 1.29 is 0 Å². The normalized spacial score (nSPS) is 18.1. The van der Waals surface area contributed by atoms with Crippen LogP contribution in [0.5, 0.6) is 0 Å². The molecule has 0 nitrogen and oxygen atoms in total. The molecule has 0 aromatic rings. The zero-order valence-electron chi connectivity index (χ0n) is 14.3. The van der Waals surface area contributed by atoms with Crippen LogP contribution in [0.1, 0.15) is 73.1 Å². The first-order chi connectivity index (χ1) is 9.56. The van der Waals surface area contributed by atoms with Gasteiger partial charge in [0.1, 0.15) is 0 Å². The van der Waals surface area contributed by atoms with Crippen LogP contribution in [0.2, 0.25) is 0 Å². The van der Waals surface area contributed by atoms with E-state index in [1.807, 2.05) is 0 Å². The average molecular weight is 274 g/mol. The molecule has 1 aliphatic rings. The van der Waals surface area contributed by atoms with Crippen LogP contribution in [0, 0.1) is 5.92 Å². The number of unbranched alkanes of at least 4 members (excludes halogenated alkanes) is 4. The van der Waals surface area contributed by atoms with E-state index in [1.54, 1.807) is 0 Å². The highest BCUT2D eigenvalue weighted by Gasteiger charge is 2.09. The van der Waals surface area contributed by atoms with E-state index < -0.39 is 0 Å². The van der Waals surface area contributed by atoms with Gasteiger partial charge in [-0.15, -0.1) is 0 Å². The maximum Gasteiger partial charge on any atom is 0.00120 e. The fraction of sp³-hybridized carbons (Fsp3) is 0.600. The summed E-state index contributed by atoms with van der Waals surface area (Å²) in [6.07, 6.45) is 17.1. The van der Waals surface area contributed by atoms with Crippen LogP contribution in [0.4, 0.5) is 0 Å². The van der Waals surface area contributed by atoms with Gasteiger partial charge in [0.15, 0.2) is 0 Å². The molecule has 0 radical (unpaired) electrons. The molecule has 1 rings (SSSR count). The van der Waals surface area contributed by atoms with E-state index in [0.717, 1.165) is 12.0 Å². The smallest absolute Gasteiger partial charge is 0.00120 e. The van der Waals surface area contributed by atoms with E-state index >= 15 is 0 Å². The lowest BCUT2D eigenvalue weighted by Gasteiger charge is -2.16. The molecule has 114 valence electrons. The number of rotatable bonds is 6. The SMILES string of the molecule is C=C(C)C1=CC[C@H](/C(C)=C/C)C=C1.CCCCCCC. The zero-order valence-corrected chi connectivity index (χ0v) is 14.3. The summed E-state index contributed by atoms with van der Waals surface area (Å²) in [6, 6.07) is 0. The fourth-order valence-electron chi connectivity index (χ4n) is 2.17. The molecular weight excluding hydrogens is 240 g/mol. The molecule has 0 saturated carbocycles. The van der Waals surface area contributed by atoms with Crippen molar-refractivity contribution >= 4 is 0 Å². The molecule has 20 heavy (non-hydrogen) atoms. The molecule has 0 amide bonds. The number of hydrogen-bond acceptors (Lipinski definition) is 0. The van der Waals surface area contributed by atoms with Crippen molar-refractivity contribution in [2.24, 2.45) is 5.92 Å². The molecule has 1 atom stereocenters. The minimum absolute atomic E-state index is 0.605. The molecular formula is C20H34. The molecule has 0 bridgehead atoms. The van der Waals surface area contributed by atoms with Crippen LogP contribution >= 0.6 is 0 Å². The number of allylic oxidation sites excluding steroid dienone is 7. The second-order valence-corrected chi connectivity index (χ2v) is 5.73. The summed E-state index contributed by atoms with van der Waals surface area (Å²) < 4.78 is 0. The summed E-state index contributed by atoms with van der Waals surface area (Å²) in [5, 5.41) is 0. The van der Waals surface area contributed by atoms with Gasteiger partial charge < -0.3 is 0 Å². The quantitative estimate of drug-likeness (QED) is 0.361. The molecule has 0 saturated heterocycles. The van der Waals surface area contributed by atoms with Gasteiger partial charge in [0.2, 0.25) is 0 Å². The van der Waals surface area contributed by atoms with E-state index in [1.165, 1.54) is 43.3 Å². The first-order valence-electron chi connectivity index (χ1n) is 8.23. The molecule has 0 unspecified atom stereocenters. The van der Waals surface area contributed by atoms with Crippen LogP contribution in [0.25, 0.3) is 0 Å². The molecule has 0 aliphatic heterocycles. The Labute approximate surface area is 127 Å². The fourth-order valence-corrected chi connectivity index (χ4v) is 2.17. The predicted octanol–water partition coefficient (Wildman–Crippen LogP) is 7.01. The molecule has 0 heterocycles. The van der Waals surface area contributed by atoms with E-state index in [-0.39, 0.29) is 0 Å². The third kappa shape index (κ3) is 8.19. The molecule has 0 spiro atoms. The van der Waals surface area contributed by atoms with Crippen LogP contribution < -0.4 is 0 Å². The maximum atomic E-state index is 3.93. The Morgan fingerprint density at radius 1 is 1.20 bits per heavy atom. The van der Waals surface area contributed by atoms with Gasteiger partial charge in [0, 0.05) is 5.92 Å². The molecule has 1 aliphatic carbocycles.